The number of amides is 2. The maximum Gasteiger partial charge on any atom is 0.407 e. The largest absolute Gasteiger partial charge is 0.480 e. The fourth-order valence-corrected chi connectivity index (χ4v) is 4.31. The fourth-order valence-electron chi connectivity index (χ4n) is 4.31. The Balaban J connectivity index is 1.62. The Morgan fingerprint density at radius 2 is 1.56 bits per heavy atom. The first-order chi connectivity index (χ1) is 16.3. The molecule has 3 rings (SSSR count). The number of hydrogen-bond acceptors (Lipinski definition) is 5. The molecule has 2 amide bonds. The summed E-state index contributed by atoms with van der Waals surface area (Å²) in [4.78, 5) is 37.0. The third kappa shape index (κ3) is 5.94. The van der Waals surface area contributed by atoms with E-state index in [0.717, 1.165) is 22.3 Å². The molecule has 34 heavy (non-hydrogen) atoms. The molecule has 182 valence electrons. The van der Waals surface area contributed by atoms with Crippen LogP contribution in [0.2, 0.25) is 0 Å². The van der Waals surface area contributed by atoms with E-state index >= 15 is 0 Å². The minimum Gasteiger partial charge on any atom is -0.480 e. The number of ether oxygens (including phenoxy) is 1. The third-order valence-electron chi connectivity index (χ3n) is 6.13. The van der Waals surface area contributed by atoms with Crippen LogP contribution in [-0.2, 0) is 14.3 Å². The number of carboxylic acid groups (broad SMARTS) is 1. The molecule has 0 saturated heterocycles. The second-order valence-electron chi connectivity index (χ2n) is 8.88. The summed E-state index contributed by atoms with van der Waals surface area (Å²) in [6.45, 7) is 4.14. The van der Waals surface area contributed by atoms with Crippen LogP contribution in [0, 0.1) is 5.92 Å². The van der Waals surface area contributed by atoms with E-state index in [9.17, 15) is 19.5 Å². The van der Waals surface area contributed by atoms with Crippen molar-refractivity contribution in [3.8, 4) is 11.1 Å². The van der Waals surface area contributed by atoms with Gasteiger partial charge in [-0.1, -0.05) is 62.4 Å². The predicted molar refractivity (Wildman–Crippen MR) is 129 cm³/mol. The van der Waals surface area contributed by atoms with Crippen LogP contribution in [0.25, 0.3) is 11.1 Å². The van der Waals surface area contributed by atoms with E-state index in [1.165, 1.54) is 0 Å². The monoisotopic (exact) mass is 467 g/mol. The molecule has 0 unspecified atom stereocenters. The standard InChI is InChI=1S/C26H33N3O5/c1-16(2)23(24(30)28-22(25(31)32)13-7-8-14-27)29-26(33)34-15-21-19-11-5-3-9-17(19)18-10-4-6-12-20(18)21/h3-6,9-12,16,21-23H,7-8,13-15,27H2,1-2H3,(H,28,30)(H,29,33)(H,31,32)/t22-,23-/m0/s1. The number of aliphatic carboxylic acids is 1. The molecular weight excluding hydrogens is 434 g/mol. The Hall–Kier alpha value is -3.39. The van der Waals surface area contributed by atoms with Crippen LogP contribution in [0.15, 0.2) is 48.5 Å². The maximum absolute atomic E-state index is 12.8. The Kier molecular flexibility index (Phi) is 8.65. The molecule has 0 fully saturated rings. The van der Waals surface area contributed by atoms with E-state index < -0.39 is 30.1 Å². The first kappa shape index (κ1) is 25.2. The molecule has 0 aromatic heterocycles. The molecule has 1 aliphatic rings. The number of alkyl carbamates (subject to hydrolysis) is 1. The van der Waals surface area contributed by atoms with Crippen LogP contribution in [0.3, 0.4) is 0 Å². The maximum atomic E-state index is 12.8. The Morgan fingerprint density at radius 3 is 2.09 bits per heavy atom. The number of carboxylic acids is 1. The zero-order chi connectivity index (χ0) is 24.7. The lowest BCUT2D eigenvalue weighted by Gasteiger charge is -2.24. The molecule has 0 aliphatic heterocycles. The Bertz CT molecular complexity index is 978. The number of rotatable bonds is 11. The summed E-state index contributed by atoms with van der Waals surface area (Å²) in [7, 11) is 0. The van der Waals surface area contributed by atoms with Gasteiger partial charge >= 0.3 is 12.1 Å². The number of carbonyl (C=O) groups excluding carboxylic acids is 2. The van der Waals surface area contributed by atoms with Gasteiger partial charge in [-0.3, -0.25) is 4.79 Å². The van der Waals surface area contributed by atoms with Crippen molar-refractivity contribution in [2.75, 3.05) is 13.2 Å². The second kappa shape index (κ2) is 11.7. The van der Waals surface area contributed by atoms with Crippen LogP contribution in [0.4, 0.5) is 4.79 Å². The number of carbonyl (C=O) groups is 3. The van der Waals surface area contributed by atoms with Crippen LogP contribution < -0.4 is 16.4 Å². The zero-order valence-electron chi connectivity index (χ0n) is 19.6. The van der Waals surface area contributed by atoms with Crippen molar-refractivity contribution in [2.24, 2.45) is 11.7 Å². The van der Waals surface area contributed by atoms with Gasteiger partial charge in [0.2, 0.25) is 5.91 Å². The van der Waals surface area contributed by atoms with Gasteiger partial charge in [0.15, 0.2) is 0 Å². The molecule has 0 heterocycles. The van der Waals surface area contributed by atoms with Gasteiger partial charge in [-0.15, -0.1) is 0 Å². The molecule has 0 saturated carbocycles. The lowest BCUT2D eigenvalue weighted by Crippen LogP contribution is -2.53. The molecule has 8 nitrogen and oxygen atoms in total. The molecular formula is C26H33N3O5. The summed E-state index contributed by atoms with van der Waals surface area (Å²) in [5.41, 5.74) is 9.90. The van der Waals surface area contributed by atoms with Crippen molar-refractivity contribution in [1.29, 1.82) is 0 Å². The van der Waals surface area contributed by atoms with Crippen molar-refractivity contribution in [3.05, 3.63) is 59.7 Å². The van der Waals surface area contributed by atoms with Gasteiger partial charge in [-0.25, -0.2) is 9.59 Å². The molecule has 8 heteroatoms. The first-order valence-corrected chi connectivity index (χ1v) is 11.7. The molecule has 2 aromatic rings. The van der Waals surface area contributed by atoms with Crippen LogP contribution >= 0.6 is 0 Å². The fraction of sp³-hybridized carbons (Fsp3) is 0.423. The minimum atomic E-state index is -1.12. The van der Waals surface area contributed by atoms with Crippen molar-refractivity contribution in [1.82, 2.24) is 10.6 Å². The van der Waals surface area contributed by atoms with Crippen LogP contribution in [-0.4, -0.2) is 48.3 Å². The smallest absolute Gasteiger partial charge is 0.407 e. The average molecular weight is 468 g/mol. The number of unbranched alkanes of at least 4 members (excludes halogenated alkanes) is 1. The highest BCUT2D eigenvalue weighted by atomic mass is 16.5. The lowest BCUT2D eigenvalue weighted by atomic mass is 9.98. The lowest BCUT2D eigenvalue weighted by molar-refractivity contribution is -0.142. The summed E-state index contributed by atoms with van der Waals surface area (Å²) in [6.07, 6.45) is 0.810. The van der Waals surface area contributed by atoms with E-state index in [4.69, 9.17) is 10.5 Å². The summed E-state index contributed by atoms with van der Waals surface area (Å²) in [5.74, 6) is -2.03. The van der Waals surface area contributed by atoms with Gasteiger partial charge in [0, 0.05) is 5.92 Å². The number of nitrogens with two attached hydrogens (primary N) is 1. The molecule has 0 spiro atoms. The van der Waals surface area contributed by atoms with Gasteiger partial charge in [0.05, 0.1) is 0 Å². The van der Waals surface area contributed by atoms with E-state index in [1.54, 1.807) is 13.8 Å². The SMILES string of the molecule is CC(C)[C@H](NC(=O)OCC1c2ccccc2-c2ccccc21)C(=O)N[C@@H](CCCCN)C(=O)O. The molecule has 5 N–H and O–H groups in total. The van der Waals surface area contributed by atoms with Crippen LogP contribution in [0.5, 0.6) is 0 Å². The first-order valence-electron chi connectivity index (χ1n) is 11.7. The third-order valence-corrected chi connectivity index (χ3v) is 6.13. The van der Waals surface area contributed by atoms with Crippen molar-refractivity contribution in [3.63, 3.8) is 0 Å². The Morgan fingerprint density at radius 1 is 0.971 bits per heavy atom. The summed E-state index contributed by atoms with van der Waals surface area (Å²) in [5, 5.41) is 14.6. The molecule has 0 bridgehead atoms. The molecule has 2 aromatic carbocycles. The molecule has 0 radical (unpaired) electrons. The van der Waals surface area contributed by atoms with E-state index in [0.29, 0.717) is 19.4 Å². The normalized spacial score (nSPS) is 14.1. The summed E-state index contributed by atoms with van der Waals surface area (Å²) >= 11 is 0. The van der Waals surface area contributed by atoms with Crippen molar-refractivity contribution >= 4 is 18.0 Å². The van der Waals surface area contributed by atoms with Gasteiger partial charge in [0.1, 0.15) is 18.7 Å². The Labute approximate surface area is 199 Å². The van der Waals surface area contributed by atoms with Gasteiger partial charge in [-0.2, -0.15) is 0 Å². The van der Waals surface area contributed by atoms with E-state index in [1.807, 2.05) is 36.4 Å². The highest BCUT2D eigenvalue weighted by Crippen LogP contribution is 2.44. The number of fused-ring (bicyclic) bond motifs is 3. The summed E-state index contributed by atoms with van der Waals surface area (Å²) in [6, 6.07) is 14.1. The van der Waals surface area contributed by atoms with E-state index in [-0.39, 0.29) is 24.9 Å². The van der Waals surface area contributed by atoms with Crippen LogP contribution in [0.1, 0.15) is 50.2 Å². The number of nitrogens with one attached hydrogen (secondary N) is 2. The topological polar surface area (TPSA) is 131 Å². The highest BCUT2D eigenvalue weighted by molar-refractivity contribution is 5.89. The average Bonchev–Trinajstić information content (AvgIpc) is 3.14. The molecule has 2 atom stereocenters. The van der Waals surface area contributed by atoms with Gasteiger partial charge in [-0.05, 0) is 54.0 Å². The molecule has 1 aliphatic carbocycles. The highest BCUT2D eigenvalue weighted by Gasteiger charge is 2.31. The predicted octanol–water partition coefficient (Wildman–Crippen LogP) is 3.25. The van der Waals surface area contributed by atoms with Crippen molar-refractivity contribution in [2.45, 2.75) is 51.1 Å². The zero-order valence-corrected chi connectivity index (χ0v) is 19.6. The second-order valence-corrected chi connectivity index (χ2v) is 8.88. The quantitative estimate of drug-likeness (QED) is 0.375. The number of benzene rings is 2. The van der Waals surface area contributed by atoms with E-state index in [2.05, 4.69) is 22.8 Å². The summed E-state index contributed by atoms with van der Waals surface area (Å²) < 4.78 is 5.54. The van der Waals surface area contributed by atoms with Crippen molar-refractivity contribution < 1.29 is 24.2 Å². The number of hydrogen-bond donors (Lipinski definition) is 4. The van der Waals surface area contributed by atoms with Gasteiger partial charge in [0.25, 0.3) is 0 Å². The minimum absolute atomic E-state index is 0.0941. The van der Waals surface area contributed by atoms with Gasteiger partial charge < -0.3 is 26.2 Å².